The van der Waals surface area contributed by atoms with Crippen LogP contribution in [0.5, 0.6) is 0 Å². The monoisotopic (exact) mass is 335 g/mol. The van der Waals surface area contributed by atoms with E-state index in [9.17, 15) is 4.79 Å². The second-order valence-electron chi connectivity index (χ2n) is 6.50. The normalized spacial score (nSPS) is 17.2. The predicted molar refractivity (Wildman–Crippen MR) is 94.6 cm³/mol. The Balaban J connectivity index is 1.60. The number of hydrogen-bond donors (Lipinski definition) is 0. The molecule has 0 spiro atoms. The third kappa shape index (κ3) is 3.07. The first-order valence-corrected chi connectivity index (χ1v) is 8.61. The van der Waals surface area contributed by atoms with Gasteiger partial charge in [0.1, 0.15) is 0 Å². The van der Waals surface area contributed by atoms with E-state index in [1.807, 2.05) is 65.4 Å². The Kier molecular flexibility index (Phi) is 4.09. The fourth-order valence-corrected chi connectivity index (χ4v) is 3.50. The lowest BCUT2D eigenvalue weighted by molar-refractivity contribution is 0.0721. The number of benzene rings is 1. The number of likely N-dealkylation sites (tertiary alicyclic amines) is 1. The highest BCUT2D eigenvalue weighted by atomic mass is 16.2. The van der Waals surface area contributed by atoms with Crippen molar-refractivity contribution in [2.75, 3.05) is 6.54 Å². The Labute approximate surface area is 146 Å². The molecule has 25 heavy (non-hydrogen) atoms. The molecule has 6 nitrogen and oxygen atoms in total. The number of amides is 1. The zero-order valence-electron chi connectivity index (χ0n) is 14.2. The molecule has 1 fully saturated rings. The quantitative estimate of drug-likeness (QED) is 0.736. The maximum atomic E-state index is 13.2. The van der Waals surface area contributed by atoms with Crippen LogP contribution in [-0.4, -0.2) is 43.0 Å². The zero-order chi connectivity index (χ0) is 17.2. The van der Waals surface area contributed by atoms with E-state index in [1.54, 1.807) is 10.9 Å². The first-order valence-electron chi connectivity index (χ1n) is 8.61. The van der Waals surface area contributed by atoms with Gasteiger partial charge in [0.2, 0.25) is 0 Å². The molecule has 1 aliphatic heterocycles. The summed E-state index contributed by atoms with van der Waals surface area (Å²) in [6.07, 6.45) is 9.50. The molecular formula is C19H21N5O. The Morgan fingerprint density at radius 3 is 2.88 bits per heavy atom. The molecule has 0 N–H and O–H groups in total. The van der Waals surface area contributed by atoms with E-state index >= 15 is 0 Å². The summed E-state index contributed by atoms with van der Waals surface area (Å²) in [6, 6.07) is 9.69. The summed E-state index contributed by atoms with van der Waals surface area (Å²) < 4.78 is 3.68. The molecule has 0 aliphatic carbocycles. The van der Waals surface area contributed by atoms with Gasteiger partial charge in [0, 0.05) is 25.1 Å². The van der Waals surface area contributed by atoms with E-state index in [4.69, 9.17) is 0 Å². The lowest BCUT2D eigenvalue weighted by atomic mass is 10.1. The fraction of sp³-hybridized carbons (Fsp3) is 0.316. The first kappa shape index (κ1) is 15.6. The Hall–Kier alpha value is -2.89. The maximum absolute atomic E-state index is 13.2. The molecule has 0 bridgehead atoms. The summed E-state index contributed by atoms with van der Waals surface area (Å²) in [7, 11) is 0. The van der Waals surface area contributed by atoms with Crippen LogP contribution < -0.4 is 0 Å². The number of rotatable bonds is 4. The number of nitrogens with zero attached hydrogens (tertiary/aromatic N) is 5. The zero-order valence-corrected chi connectivity index (χ0v) is 14.2. The highest BCUT2D eigenvalue weighted by molar-refractivity contribution is 5.98. The first-order chi connectivity index (χ1) is 12.2. The van der Waals surface area contributed by atoms with Crippen molar-refractivity contribution < 1.29 is 4.79 Å². The van der Waals surface area contributed by atoms with Gasteiger partial charge in [-0.3, -0.25) is 9.48 Å². The van der Waals surface area contributed by atoms with E-state index in [0.29, 0.717) is 5.56 Å². The molecule has 3 aromatic rings. The van der Waals surface area contributed by atoms with Gasteiger partial charge in [0.05, 0.1) is 30.0 Å². The fourth-order valence-electron chi connectivity index (χ4n) is 3.50. The maximum Gasteiger partial charge on any atom is 0.256 e. The number of para-hydroxylation sites is 1. The lowest BCUT2D eigenvalue weighted by Gasteiger charge is -2.25. The van der Waals surface area contributed by atoms with Gasteiger partial charge in [-0.25, -0.2) is 4.68 Å². The Bertz CT molecular complexity index is 868. The van der Waals surface area contributed by atoms with Crippen LogP contribution in [0.25, 0.3) is 5.69 Å². The molecule has 2 aromatic heterocycles. The highest BCUT2D eigenvalue weighted by Crippen LogP contribution is 2.24. The third-order valence-electron chi connectivity index (χ3n) is 4.68. The average Bonchev–Trinajstić information content (AvgIpc) is 3.37. The van der Waals surface area contributed by atoms with E-state index in [2.05, 4.69) is 10.2 Å². The van der Waals surface area contributed by atoms with Gasteiger partial charge in [-0.15, -0.1) is 0 Å². The molecule has 1 amide bonds. The van der Waals surface area contributed by atoms with Crippen LogP contribution in [0.3, 0.4) is 0 Å². The van der Waals surface area contributed by atoms with Crippen molar-refractivity contribution in [2.45, 2.75) is 32.4 Å². The van der Waals surface area contributed by atoms with Crippen LogP contribution in [0.1, 0.15) is 28.8 Å². The smallest absolute Gasteiger partial charge is 0.256 e. The number of carbonyl (C=O) groups is 1. The molecule has 1 aromatic carbocycles. The van der Waals surface area contributed by atoms with Crippen LogP contribution >= 0.6 is 0 Å². The molecule has 4 rings (SSSR count). The Morgan fingerprint density at radius 1 is 1.24 bits per heavy atom. The topological polar surface area (TPSA) is 56.0 Å². The number of hydrogen-bond acceptors (Lipinski definition) is 3. The van der Waals surface area contributed by atoms with Gasteiger partial charge in [-0.2, -0.15) is 10.2 Å². The summed E-state index contributed by atoms with van der Waals surface area (Å²) >= 11 is 0. The summed E-state index contributed by atoms with van der Waals surface area (Å²) in [5.74, 6) is 0.0671. The van der Waals surface area contributed by atoms with Crippen molar-refractivity contribution in [1.29, 1.82) is 0 Å². The van der Waals surface area contributed by atoms with Gasteiger partial charge in [-0.05, 0) is 43.5 Å². The number of aromatic nitrogens is 4. The minimum absolute atomic E-state index is 0.0671. The summed E-state index contributed by atoms with van der Waals surface area (Å²) in [5.41, 5.74) is 2.65. The Morgan fingerprint density at radius 2 is 2.12 bits per heavy atom. The SMILES string of the molecule is Cc1cnn(C[C@H]2CCCN2C(=O)c2ccccc2-n2cccn2)c1. The number of aryl methyl sites for hydroxylation is 1. The molecule has 128 valence electrons. The van der Waals surface area contributed by atoms with Crippen molar-refractivity contribution in [2.24, 2.45) is 0 Å². The third-order valence-corrected chi connectivity index (χ3v) is 4.68. The molecule has 3 heterocycles. The van der Waals surface area contributed by atoms with Crippen LogP contribution in [-0.2, 0) is 6.54 Å². The molecular weight excluding hydrogens is 314 g/mol. The van der Waals surface area contributed by atoms with E-state index in [-0.39, 0.29) is 11.9 Å². The molecule has 1 atom stereocenters. The van der Waals surface area contributed by atoms with Crippen molar-refractivity contribution in [3.63, 3.8) is 0 Å². The van der Waals surface area contributed by atoms with Gasteiger partial charge >= 0.3 is 0 Å². The van der Waals surface area contributed by atoms with Gasteiger partial charge in [0.15, 0.2) is 0 Å². The minimum atomic E-state index is 0.0671. The summed E-state index contributed by atoms with van der Waals surface area (Å²) in [5, 5.41) is 8.65. The molecule has 0 saturated carbocycles. The second kappa shape index (κ2) is 6.55. The molecule has 0 unspecified atom stereocenters. The molecule has 1 saturated heterocycles. The lowest BCUT2D eigenvalue weighted by Crippen LogP contribution is -2.38. The van der Waals surface area contributed by atoms with Crippen LogP contribution in [0.4, 0.5) is 0 Å². The van der Waals surface area contributed by atoms with Gasteiger partial charge in [-0.1, -0.05) is 12.1 Å². The van der Waals surface area contributed by atoms with Crippen molar-refractivity contribution in [3.8, 4) is 5.69 Å². The van der Waals surface area contributed by atoms with Crippen molar-refractivity contribution in [1.82, 2.24) is 24.5 Å². The van der Waals surface area contributed by atoms with E-state index < -0.39 is 0 Å². The summed E-state index contributed by atoms with van der Waals surface area (Å²) in [4.78, 5) is 15.2. The van der Waals surface area contributed by atoms with Crippen LogP contribution in [0.15, 0.2) is 55.1 Å². The predicted octanol–water partition coefficient (Wildman–Crippen LogP) is 2.68. The van der Waals surface area contributed by atoms with Crippen LogP contribution in [0.2, 0.25) is 0 Å². The summed E-state index contributed by atoms with van der Waals surface area (Å²) in [6.45, 7) is 3.56. The minimum Gasteiger partial charge on any atom is -0.334 e. The van der Waals surface area contributed by atoms with E-state index in [1.165, 1.54) is 0 Å². The van der Waals surface area contributed by atoms with Crippen molar-refractivity contribution in [3.05, 3.63) is 66.2 Å². The largest absolute Gasteiger partial charge is 0.334 e. The standard InChI is InChI=1S/C19H21N5O/c1-15-12-21-22(13-15)14-16-6-4-10-23(16)19(25)17-7-2-3-8-18(17)24-11-5-9-20-24/h2-3,5,7-9,11-13,16H,4,6,10,14H2,1H3/t16-/m1/s1. The average molecular weight is 335 g/mol. The van der Waals surface area contributed by atoms with Gasteiger partial charge < -0.3 is 4.90 Å². The van der Waals surface area contributed by atoms with Crippen LogP contribution in [0, 0.1) is 6.92 Å². The number of carbonyl (C=O) groups excluding carboxylic acids is 1. The van der Waals surface area contributed by atoms with Crippen molar-refractivity contribution >= 4 is 5.91 Å². The second-order valence-corrected chi connectivity index (χ2v) is 6.50. The molecule has 0 radical (unpaired) electrons. The van der Waals surface area contributed by atoms with Gasteiger partial charge in [0.25, 0.3) is 5.91 Å². The van der Waals surface area contributed by atoms with E-state index in [0.717, 1.165) is 37.2 Å². The molecule has 6 heteroatoms. The highest BCUT2D eigenvalue weighted by Gasteiger charge is 2.31. The molecule has 1 aliphatic rings.